The fourth-order valence-corrected chi connectivity index (χ4v) is 3.56. The number of amidine groups is 1. The number of fused-ring (bicyclic) bond motifs is 1. The number of anilines is 1. The number of nitrogens with zero attached hydrogens (tertiary/aromatic N) is 2. The van der Waals surface area contributed by atoms with Crippen LogP contribution in [-0.4, -0.2) is 23.5 Å². The highest BCUT2D eigenvalue weighted by molar-refractivity contribution is 6.30. The van der Waals surface area contributed by atoms with Crippen molar-refractivity contribution in [3.05, 3.63) is 58.6 Å². The predicted octanol–water partition coefficient (Wildman–Crippen LogP) is 3.68. The normalized spacial score (nSPS) is 26.2. The van der Waals surface area contributed by atoms with Crippen LogP contribution >= 0.6 is 11.6 Å². The van der Waals surface area contributed by atoms with Gasteiger partial charge in [-0.05, 0) is 36.8 Å². The molecule has 5 nitrogen and oxygen atoms in total. The van der Waals surface area contributed by atoms with Crippen LogP contribution in [0.1, 0.15) is 17.7 Å². The number of benzene rings is 1. The SMILES string of the molecule is NC1=N[C@@](c2cc(NCc3ccc(Cl)cn3)ccc2F)(C(F)F)[C@H]2C[C@H]2O1. The van der Waals surface area contributed by atoms with Gasteiger partial charge in [0.15, 0.2) is 5.54 Å². The molecule has 2 heterocycles. The van der Waals surface area contributed by atoms with Crippen LogP contribution in [0.25, 0.3) is 0 Å². The van der Waals surface area contributed by atoms with E-state index in [1.54, 1.807) is 12.1 Å². The van der Waals surface area contributed by atoms with Crippen LogP contribution in [-0.2, 0) is 16.8 Å². The Morgan fingerprint density at radius 2 is 2.15 bits per heavy atom. The van der Waals surface area contributed by atoms with Gasteiger partial charge in [0.2, 0.25) is 0 Å². The van der Waals surface area contributed by atoms with E-state index < -0.39 is 29.8 Å². The number of pyridine rings is 1. The molecule has 9 heteroatoms. The Kier molecular flexibility index (Phi) is 4.38. The lowest BCUT2D eigenvalue weighted by atomic mass is 9.84. The predicted molar refractivity (Wildman–Crippen MR) is 95.3 cm³/mol. The van der Waals surface area contributed by atoms with E-state index in [2.05, 4.69) is 15.3 Å². The van der Waals surface area contributed by atoms with Crippen LogP contribution in [0.15, 0.2) is 41.5 Å². The van der Waals surface area contributed by atoms with Crippen molar-refractivity contribution in [1.29, 1.82) is 0 Å². The van der Waals surface area contributed by atoms with E-state index in [1.807, 2.05) is 0 Å². The van der Waals surface area contributed by atoms with Crippen LogP contribution < -0.4 is 11.1 Å². The molecular formula is C18H16ClF3N4O. The molecule has 2 aromatic rings. The summed E-state index contributed by atoms with van der Waals surface area (Å²) in [5, 5.41) is 3.56. The Morgan fingerprint density at radius 3 is 2.85 bits per heavy atom. The summed E-state index contributed by atoms with van der Waals surface area (Å²) < 4.78 is 47.9. The largest absolute Gasteiger partial charge is 0.462 e. The first-order valence-electron chi connectivity index (χ1n) is 8.34. The zero-order valence-electron chi connectivity index (χ0n) is 14.0. The maximum atomic E-state index is 14.5. The van der Waals surface area contributed by atoms with Crippen molar-refractivity contribution < 1.29 is 17.9 Å². The molecule has 0 spiro atoms. The second kappa shape index (κ2) is 6.60. The number of aliphatic imine (C=N–C) groups is 1. The molecule has 1 saturated carbocycles. The molecular weight excluding hydrogens is 381 g/mol. The first kappa shape index (κ1) is 17.9. The molecule has 0 unspecified atom stereocenters. The number of ether oxygens (including phenoxy) is 1. The summed E-state index contributed by atoms with van der Waals surface area (Å²) in [5.74, 6) is -1.36. The molecule has 0 radical (unpaired) electrons. The molecule has 3 N–H and O–H groups in total. The van der Waals surface area contributed by atoms with Gasteiger partial charge in [-0.1, -0.05) is 11.6 Å². The molecule has 1 aliphatic carbocycles. The van der Waals surface area contributed by atoms with E-state index in [0.717, 1.165) is 6.07 Å². The highest BCUT2D eigenvalue weighted by Gasteiger charge is 2.64. The fourth-order valence-electron chi connectivity index (χ4n) is 3.45. The maximum Gasteiger partial charge on any atom is 0.283 e. The molecule has 1 fully saturated rings. The molecule has 0 saturated heterocycles. The third kappa shape index (κ3) is 3.18. The molecule has 0 amide bonds. The minimum Gasteiger partial charge on any atom is -0.462 e. The Hall–Kier alpha value is -2.48. The Morgan fingerprint density at radius 1 is 1.33 bits per heavy atom. The molecule has 1 aliphatic heterocycles. The molecule has 0 bridgehead atoms. The third-order valence-electron chi connectivity index (χ3n) is 4.86. The third-order valence-corrected chi connectivity index (χ3v) is 5.08. The molecule has 2 aliphatic rings. The van der Waals surface area contributed by atoms with E-state index in [0.29, 0.717) is 29.4 Å². The lowest BCUT2D eigenvalue weighted by molar-refractivity contribution is 0.0177. The van der Waals surface area contributed by atoms with Gasteiger partial charge < -0.3 is 15.8 Å². The number of aromatic nitrogens is 1. The minimum atomic E-state index is -2.92. The van der Waals surface area contributed by atoms with Crippen molar-refractivity contribution in [2.45, 2.75) is 31.0 Å². The van der Waals surface area contributed by atoms with Crippen LogP contribution in [0.3, 0.4) is 0 Å². The van der Waals surface area contributed by atoms with Crippen molar-refractivity contribution in [2.24, 2.45) is 16.6 Å². The molecule has 4 rings (SSSR count). The van der Waals surface area contributed by atoms with E-state index >= 15 is 0 Å². The van der Waals surface area contributed by atoms with Gasteiger partial charge in [0.25, 0.3) is 12.4 Å². The van der Waals surface area contributed by atoms with Gasteiger partial charge >= 0.3 is 0 Å². The fraction of sp³-hybridized carbons (Fsp3) is 0.333. The summed E-state index contributed by atoms with van der Waals surface area (Å²) >= 11 is 5.80. The number of rotatable bonds is 5. The van der Waals surface area contributed by atoms with Gasteiger partial charge in [0.1, 0.15) is 11.9 Å². The lowest BCUT2D eigenvalue weighted by Gasteiger charge is -2.33. The average molecular weight is 397 g/mol. The van der Waals surface area contributed by atoms with Crippen LogP contribution in [0.2, 0.25) is 5.02 Å². The van der Waals surface area contributed by atoms with E-state index in [-0.39, 0.29) is 11.6 Å². The van der Waals surface area contributed by atoms with Gasteiger partial charge in [0, 0.05) is 23.4 Å². The molecule has 142 valence electrons. The smallest absolute Gasteiger partial charge is 0.283 e. The summed E-state index contributed by atoms with van der Waals surface area (Å²) in [6.45, 7) is 0.324. The number of hydrogen-bond acceptors (Lipinski definition) is 5. The first-order chi connectivity index (χ1) is 12.9. The highest BCUT2D eigenvalue weighted by atomic mass is 35.5. The molecule has 1 aromatic heterocycles. The molecule has 1 aromatic carbocycles. The summed E-state index contributed by atoms with van der Waals surface area (Å²) in [6.07, 6.45) is -1.50. The number of alkyl halides is 2. The van der Waals surface area contributed by atoms with Crippen molar-refractivity contribution in [3.8, 4) is 0 Å². The van der Waals surface area contributed by atoms with Crippen LogP contribution in [0.5, 0.6) is 0 Å². The van der Waals surface area contributed by atoms with Crippen molar-refractivity contribution in [2.75, 3.05) is 5.32 Å². The summed E-state index contributed by atoms with van der Waals surface area (Å²) in [4.78, 5) is 8.01. The topological polar surface area (TPSA) is 72.5 Å². The van der Waals surface area contributed by atoms with Crippen molar-refractivity contribution in [3.63, 3.8) is 0 Å². The Balaban J connectivity index is 1.65. The van der Waals surface area contributed by atoms with Gasteiger partial charge in [-0.2, -0.15) is 0 Å². The quantitative estimate of drug-likeness (QED) is 0.808. The minimum absolute atomic E-state index is 0.190. The molecule has 3 atom stereocenters. The van der Waals surface area contributed by atoms with E-state index in [9.17, 15) is 13.2 Å². The Bertz CT molecular complexity index is 893. The van der Waals surface area contributed by atoms with Gasteiger partial charge in [-0.15, -0.1) is 0 Å². The maximum absolute atomic E-state index is 14.5. The monoisotopic (exact) mass is 396 g/mol. The summed E-state index contributed by atoms with van der Waals surface area (Å²) in [6, 6.07) is 7.07. The molecule has 27 heavy (non-hydrogen) atoms. The van der Waals surface area contributed by atoms with Gasteiger partial charge in [-0.25, -0.2) is 18.2 Å². The first-order valence-corrected chi connectivity index (χ1v) is 8.72. The van der Waals surface area contributed by atoms with Gasteiger partial charge in [-0.3, -0.25) is 4.98 Å². The zero-order chi connectivity index (χ0) is 19.2. The van der Waals surface area contributed by atoms with Crippen LogP contribution in [0, 0.1) is 11.7 Å². The van der Waals surface area contributed by atoms with Gasteiger partial charge in [0.05, 0.1) is 17.3 Å². The second-order valence-electron chi connectivity index (χ2n) is 6.59. The number of nitrogens with one attached hydrogen (secondary N) is 1. The van der Waals surface area contributed by atoms with E-state index in [4.69, 9.17) is 22.1 Å². The number of nitrogens with two attached hydrogens (primary N) is 1. The second-order valence-corrected chi connectivity index (χ2v) is 7.03. The van der Waals surface area contributed by atoms with Crippen molar-refractivity contribution in [1.82, 2.24) is 4.98 Å². The average Bonchev–Trinajstić information content (AvgIpc) is 3.41. The highest BCUT2D eigenvalue weighted by Crippen LogP contribution is 2.56. The van der Waals surface area contributed by atoms with Crippen LogP contribution in [0.4, 0.5) is 18.9 Å². The number of hydrogen-bond donors (Lipinski definition) is 2. The standard InChI is InChI=1S/C18H16ClF3N4O/c19-9-1-2-11(24-7-9)8-25-10-3-4-14(20)12(5-10)18(16(21)22)13-6-15(13)27-17(23)26-18/h1-5,7,13,15-16,25H,6,8H2,(H2,23,26)/t13-,15+,18+/m0/s1. The lowest BCUT2D eigenvalue weighted by Crippen LogP contribution is -2.43. The number of halogens is 4. The Labute approximate surface area is 158 Å². The summed E-state index contributed by atoms with van der Waals surface area (Å²) in [7, 11) is 0. The van der Waals surface area contributed by atoms with E-state index in [1.165, 1.54) is 18.3 Å². The summed E-state index contributed by atoms with van der Waals surface area (Å²) in [5.41, 5.74) is 4.52. The zero-order valence-corrected chi connectivity index (χ0v) is 14.8. The van der Waals surface area contributed by atoms with Crippen molar-refractivity contribution >= 4 is 23.3 Å².